The van der Waals surface area contributed by atoms with Gasteiger partial charge in [-0.2, -0.15) is 0 Å². The summed E-state index contributed by atoms with van der Waals surface area (Å²) in [5.41, 5.74) is 4.35. The van der Waals surface area contributed by atoms with Gasteiger partial charge in [-0.3, -0.25) is 44.1 Å². The maximum absolute atomic E-state index is 10.9. The van der Waals surface area contributed by atoms with E-state index >= 15 is 0 Å². The van der Waals surface area contributed by atoms with Crippen LogP contribution in [0.15, 0.2) is 43.0 Å². The van der Waals surface area contributed by atoms with Gasteiger partial charge in [0.15, 0.2) is 23.3 Å². The van der Waals surface area contributed by atoms with Gasteiger partial charge in [0.05, 0.1) is 19.3 Å². The molecule has 4 atom stereocenters. The molecule has 1 aliphatic heterocycles. The van der Waals surface area contributed by atoms with E-state index in [1.807, 2.05) is 4.98 Å². The molecule has 1 aliphatic rings. The lowest BCUT2D eigenvalue weighted by molar-refractivity contribution is -0.0511. The molecule has 7 rings (SSSR count). The van der Waals surface area contributed by atoms with Crippen molar-refractivity contribution in [3.63, 3.8) is 0 Å². The number of imidazole rings is 3. The molecule has 1 fully saturated rings. The molecule has 7 heterocycles. The quantitative estimate of drug-likeness (QED) is 0.0905. The lowest BCUT2D eigenvalue weighted by Gasteiger charge is -2.16. The van der Waals surface area contributed by atoms with Crippen molar-refractivity contribution in [2.45, 2.75) is 24.5 Å². The molecule has 0 unspecified atom stereocenters. The van der Waals surface area contributed by atoms with Crippen LogP contribution in [0.5, 0.6) is 0 Å². The Hall–Kier alpha value is -5.71. The lowest BCUT2D eigenvalue weighted by Crippen LogP contribution is -2.33. The molecule has 0 aliphatic carbocycles. The highest BCUT2D eigenvalue weighted by Crippen LogP contribution is 2.31. The summed E-state index contributed by atoms with van der Waals surface area (Å²) in [5, 5.41) is 28.7. The first-order valence-corrected chi connectivity index (χ1v) is 11.7. The summed E-state index contributed by atoms with van der Waals surface area (Å²) in [6.45, 7) is -0.390. The topological polar surface area (TPSA) is 348 Å². The van der Waals surface area contributed by atoms with Crippen LogP contribution in [0.4, 0.5) is 5.82 Å². The van der Waals surface area contributed by atoms with Gasteiger partial charge in [-0.1, -0.05) is 0 Å². The summed E-state index contributed by atoms with van der Waals surface area (Å²) in [4.78, 5) is 85.1. The van der Waals surface area contributed by atoms with Crippen molar-refractivity contribution in [2.24, 2.45) is 0 Å². The van der Waals surface area contributed by atoms with Crippen LogP contribution in [0.1, 0.15) is 6.23 Å². The second-order valence-electron chi connectivity index (χ2n) is 8.58. The number of H-pyrrole nitrogens is 7. The molecule has 42 heavy (non-hydrogen) atoms. The number of hydrogen-bond acceptors (Lipinski definition) is 14. The number of nitrogens with zero attached hydrogens (tertiary/aromatic N) is 5. The average Bonchev–Trinajstić information content (AvgIpc) is 3.72. The largest absolute Gasteiger partial charge is 0.394 e. The smallest absolute Gasteiger partial charge is 0.327 e. The van der Waals surface area contributed by atoms with Crippen molar-refractivity contribution in [2.75, 3.05) is 12.3 Å². The number of nitrogen functional groups attached to an aromatic ring is 1. The van der Waals surface area contributed by atoms with E-state index in [2.05, 4.69) is 49.8 Å². The van der Waals surface area contributed by atoms with E-state index < -0.39 is 59.3 Å². The van der Waals surface area contributed by atoms with Gasteiger partial charge in [-0.25, -0.2) is 34.3 Å². The molecule has 1 saturated heterocycles. The second-order valence-corrected chi connectivity index (χ2v) is 8.58. The number of nitrogens with one attached hydrogen (secondary N) is 7. The van der Waals surface area contributed by atoms with Crippen LogP contribution < -0.4 is 33.9 Å². The maximum Gasteiger partial charge on any atom is 0.327 e. The number of ether oxygens (including phenoxy) is 1. The van der Waals surface area contributed by atoms with Gasteiger partial charge in [-0.05, 0) is 0 Å². The number of nitrogens with two attached hydrogens (primary N) is 1. The van der Waals surface area contributed by atoms with E-state index in [4.69, 9.17) is 15.6 Å². The first-order valence-electron chi connectivity index (χ1n) is 11.7. The SMILES string of the molecule is Nc1ncnc2c1ncn2[C@@H]1O[C@H](CO)[C@@H](O)[C@H]1O.O=c1[nH]c(=O)c2[nH]c(=O)[nH]c2[nH]1.O=c1[nH]c(=O)c2[nH]cnc2[nH]1. The molecule has 12 N–H and O–H groups in total. The Morgan fingerprint density at radius 2 is 1.50 bits per heavy atom. The highest BCUT2D eigenvalue weighted by molar-refractivity contribution is 5.81. The van der Waals surface area contributed by atoms with Gasteiger partial charge < -0.3 is 30.8 Å². The number of hydrogen-bond donors (Lipinski definition) is 11. The van der Waals surface area contributed by atoms with Gasteiger partial charge in [0.25, 0.3) is 11.1 Å². The highest BCUT2D eigenvalue weighted by Gasteiger charge is 2.44. The number of aliphatic hydroxyl groups is 3. The predicted octanol–water partition coefficient (Wildman–Crippen LogP) is -4.81. The predicted molar refractivity (Wildman–Crippen MR) is 140 cm³/mol. The van der Waals surface area contributed by atoms with Crippen LogP contribution in [0.2, 0.25) is 0 Å². The fraction of sp³-hybridized carbons (Fsp3) is 0.250. The zero-order valence-corrected chi connectivity index (χ0v) is 20.9. The van der Waals surface area contributed by atoms with E-state index in [0.717, 1.165) is 0 Å². The van der Waals surface area contributed by atoms with E-state index in [-0.39, 0.29) is 28.1 Å². The van der Waals surface area contributed by atoms with Crippen molar-refractivity contribution >= 4 is 39.3 Å². The Bertz CT molecular complexity index is 2160. The van der Waals surface area contributed by atoms with Crippen LogP contribution >= 0.6 is 0 Å². The normalized spacial score (nSPS) is 19.9. The van der Waals surface area contributed by atoms with Crippen LogP contribution in [-0.4, -0.2) is 99.6 Å². The second kappa shape index (κ2) is 11.0. The summed E-state index contributed by atoms with van der Waals surface area (Å²) >= 11 is 0. The molecule has 6 aromatic heterocycles. The van der Waals surface area contributed by atoms with Crippen molar-refractivity contribution in [3.05, 3.63) is 71.1 Å². The molecule has 0 radical (unpaired) electrons. The molecule has 0 bridgehead atoms. The molecule has 0 spiro atoms. The zero-order valence-electron chi connectivity index (χ0n) is 20.9. The van der Waals surface area contributed by atoms with E-state index in [1.165, 1.54) is 23.5 Å². The number of aliphatic hydroxyl groups excluding tert-OH is 3. The van der Waals surface area contributed by atoms with Crippen LogP contribution in [-0.2, 0) is 4.74 Å². The minimum absolute atomic E-state index is 0.0413. The Morgan fingerprint density at radius 3 is 2.19 bits per heavy atom. The molecule has 220 valence electrons. The molecule has 22 heteroatoms. The third-order valence-electron chi connectivity index (χ3n) is 5.92. The minimum atomic E-state index is -1.19. The van der Waals surface area contributed by atoms with E-state index in [0.29, 0.717) is 11.2 Å². The summed E-state index contributed by atoms with van der Waals surface area (Å²) in [7, 11) is 0. The molecule has 0 aromatic carbocycles. The van der Waals surface area contributed by atoms with Gasteiger partial charge in [0.1, 0.15) is 46.8 Å². The number of aromatic nitrogens is 12. The summed E-state index contributed by atoms with van der Waals surface area (Å²) < 4.78 is 6.85. The van der Waals surface area contributed by atoms with Crippen LogP contribution in [0.25, 0.3) is 33.5 Å². The Kier molecular flexibility index (Phi) is 7.32. The standard InChI is InChI=1S/C10H13N5O4.C5H4N4O3.C5H4N4O2/c11-8-5-9(13-2-12-8)15(3-14-5)10-7(18)6(17)4(1-16)19-10;10-3-1-2(7-4(11)6-1)8-5(12)9-3;10-4-2-3(7-1-6-2)8-5(11)9-4/h2-4,6-7,10,16-18H,1H2,(H2,11,12,13);(H4,6,7,8,9,10,11,12);1H,(H3,6,7,8,9,10,11)/t4-,6-,7-,10-;;/m1../s1. The first kappa shape index (κ1) is 27.8. The minimum Gasteiger partial charge on any atom is -0.394 e. The van der Waals surface area contributed by atoms with Crippen LogP contribution in [0.3, 0.4) is 0 Å². The fourth-order valence-corrected chi connectivity index (χ4v) is 3.99. The molecule has 0 amide bonds. The van der Waals surface area contributed by atoms with Gasteiger partial charge >= 0.3 is 17.1 Å². The Balaban J connectivity index is 0.000000133. The molecular formula is C20H21N13O9. The lowest BCUT2D eigenvalue weighted by atomic mass is 10.1. The maximum atomic E-state index is 10.9. The van der Waals surface area contributed by atoms with Crippen molar-refractivity contribution in [1.29, 1.82) is 0 Å². The van der Waals surface area contributed by atoms with Gasteiger partial charge in [-0.15, -0.1) is 0 Å². The first-order chi connectivity index (χ1) is 20.1. The molecular weight excluding hydrogens is 566 g/mol. The monoisotopic (exact) mass is 587 g/mol. The molecule has 22 nitrogen and oxygen atoms in total. The number of aromatic amines is 7. The zero-order chi connectivity index (χ0) is 30.1. The third-order valence-corrected chi connectivity index (χ3v) is 5.92. The summed E-state index contributed by atoms with van der Waals surface area (Å²) in [5.74, 6) is 0.218. The number of fused-ring (bicyclic) bond motifs is 3. The number of anilines is 1. The number of rotatable bonds is 2. The van der Waals surface area contributed by atoms with Gasteiger partial charge in [0, 0.05) is 0 Å². The molecule has 6 aromatic rings. The summed E-state index contributed by atoms with van der Waals surface area (Å²) in [6, 6.07) is 0. The van der Waals surface area contributed by atoms with Crippen LogP contribution in [0, 0.1) is 0 Å². The fourth-order valence-electron chi connectivity index (χ4n) is 3.99. The third kappa shape index (κ3) is 5.22. The van der Waals surface area contributed by atoms with Crippen molar-refractivity contribution in [3.8, 4) is 0 Å². The highest BCUT2D eigenvalue weighted by atomic mass is 16.6. The summed E-state index contributed by atoms with van der Waals surface area (Å²) in [6.07, 6.45) is -0.0799. The van der Waals surface area contributed by atoms with E-state index in [9.17, 15) is 34.2 Å². The Morgan fingerprint density at radius 1 is 0.833 bits per heavy atom. The molecule has 0 saturated carbocycles. The van der Waals surface area contributed by atoms with Crippen molar-refractivity contribution in [1.82, 2.24) is 59.4 Å². The Labute approximate surface area is 227 Å². The van der Waals surface area contributed by atoms with E-state index in [1.54, 1.807) is 0 Å². The average molecular weight is 587 g/mol. The van der Waals surface area contributed by atoms with Gasteiger partial charge in [0.2, 0.25) is 0 Å². The van der Waals surface area contributed by atoms with Crippen molar-refractivity contribution < 1.29 is 20.1 Å².